The van der Waals surface area contributed by atoms with E-state index in [1.54, 1.807) is 0 Å². The Morgan fingerprint density at radius 3 is 2.33 bits per heavy atom. The number of halogens is 1. The maximum atomic E-state index is 5.92. The SMILES string of the molecule is CN(Cc1ccc(Cl)cc1)CC(C(N)=S)c1ccccc1. The third-order valence-electron chi connectivity index (χ3n) is 3.41. The quantitative estimate of drug-likeness (QED) is 0.820. The topological polar surface area (TPSA) is 29.3 Å². The van der Waals surface area contributed by atoms with Crippen LogP contribution in [-0.2, 0) is 6.54 Å². The zero-order valence-corrected chi connectivity index (χ0v) is 13.6. The molecule has 0 radical (unpaired) electrons. The van der Waals surface area contributed by atoms with Gasteiger partial charge in [0.25, 0.3) is 0 Å². The summed E-state index contributed by atoms with van der Waals surface area (Å²) in [6.45, 7) is 1.63. The molecule has 0 bridgehead atoms. The van der Waals surface area contributed by atoms with Gasteiger partial charge in [0.05, 0.1) is 4.99 Å². The summed E-state index contributed by atoms with van der Waals surface area (Å²) in [5, 5.41) is 0.756. The maximum absolute atomic E-state index is 5.92. The van der Waals surface area contributed by atoms with E-state index in [0.717, 1.165) is 23.7 Å². The summed E-state index contributed by atoms with van der Waals surface area (Å²) in [5.74, 6) is 0.0681. The Morgan fingerprint density at radius 1 is 1.14 bits per heavy atom. The van der Waals surface area contributed by atoms with E-state index in [1.807, 2.05) is 42.5 Å². The van der Waals surface area contributed by atoms with Crippen molar-refractivity contribution in [2.45, 2.75) is 12.5 Å². The van der Waals surface area contributed by atoms with E-state index in [0.29, 0.717) is 4.99 Å². The van der Waals surface area contributed by atoms with Crippen LogP contribution in [0.2, 0.25) is 5.02 Å². The molecule has 2 rings (SSSR count). The normalized spacial score (nSPS) is 12.3. The second-order valence-corrected chi connectivity index (χ2v) is 6.10. The summed E-state index contributed by atoms with van der Waals surface area (Å²) in [6, 6.07) is 18.1. The molecule has 110 valence electrons. The lowest BCUT2D eigenvalue weighted by molar-refractivity contribution is 0.323. The van der Waals surface area contributed by atoms with Crippen molar-refractivity contribution in [3.8, 4) is 0 Å². The lowest BCUT2D eigenvalue weighted by atomic mass is 9.98. The number of likely N-dealkylation sites (N-methyl/N-ethyl adjacent to an activating group) is 1. The number of nitrogens with zero attached hydrogens (tertiary/aromatic N) is 1. The fraction of sp³-hybridized carbons (Fsp3) is 0.235. The molecule has 0 fully saturated rings. The molecule has 1 unspecified atom stereocenters. The minimum absolute atomic E-state index is 0.0681. The van der Waals surface area contributed by atoms with Gasteiger partial charge in [-0.3, -0.25) is 0 Å². The third kappa shape index (κ3) is 4.81. The van der Waals surface area contributed by atoms with Crippen molar-refractivity contribution in [1.29, 1.82) is 0 Å². The Hall–Kier alpha value is -1.42. The summed E-state index contributed by atoms with van der Waals surface area (Å²) >= 11 is 11.1. The van der Waals surface area contributed by atoms with Gasteiger partial charge in [-0.25, -0.2) is 0 Å². The highest BCUT2D eigenvalue weighted by Crippen LogP contribution is 2.18. The predicted octanol–water partition coefficient (Wildman–Crippen LogP) is 3.84. The molecular weight excluding hydrogens is 300 g/mol. The van der Waals surface area contributed by atoms with Gasteiger partial charge in [-0.05, 0) is 30.3 Å². The van der Waals surface area contributed by atoms with E-state index in [9.17, 15) is 0 Å². The highest BCUT2D eigenvalue weighted by Gasteiger charge is 2.16. The van der Waals surface area contributed by atoms with E-state index >= 15 is 0 Å². The van der Waals surface area contributed by atoms with E-state index < -0.39 is 0 Å². The Bertz CT molecular complexity index is 583. The molecule has 0 heterocycles. The maximum Gasteiger partial charge on any atom is 0.0816 e. The Labute approximate surface area is 136 Å². The van der Waals surface area contributed by atoms with Crippen LogP contribution in [-0.4, -0.2) is 23.5 Å². The van der Waals surface area contributed by atoms with Crippen LogP contribution in [0.25, 0.3) is 0 Å². The molecule has 4 heteroatoms. The highest BCUT2D eigenvalue weighted by atomic mass is 35.5. The van der Waals surface area contributed by atoms with Crippen molar-refractivity contribution in [2.24, 2.45) is 5.73 Å². The van der Waals surface area contributed by atoms with Crippen LogP contribution in [0, 0.1) is 0 Å². The van der Waals surface area contributed by atoms with Crippen molar-refractivity contribution < 1.29 is 0 Å². The van der Waals surface area contributed by atoms with E-state index in [-0.39, 0.29) is 5.92 Å². The molecule has 0 amide bonds. The van der Waals surface area contributed by atoms with Crippen molar-refractivity contribution in [3.63, 3.8) is 0 Å². The average Bonchev–Trinajstić information content (AvgIpc) is 2.48. The molecule has 2 N–H and O–H groups in total. The monoisotopic (exact) mass is 318 g/mol. The molecule has 0 aliphatic heterocycles. The molecule has 0 saturated heterocycles. The highest BCUT2D eigenvalue weighted by molar-refractivity contribution is 7.80. The lowest BCUT2D eigenvalue weighted by Gasteiger charge is -2.24. The van der Waals surface area contributed by atoms with Gasteiger partial charge in [-0.15, -0.1) is 0 Å². The van der Waals surface area contributed by atoms with Gasteiger partial charge < -0.3 is 10.6 Å². The van der Waals surface area contributed by atoms with E-state index in [2.05, 4.69) is 24.1 Å². The molecule has 21 heavy (non-hydrogen) atoms. The second kappa shape index (κ2) is 7.55. The largest absolute Gasteiger partial charge is 0.393 e. The van der Waals surface area contributed by atoms with Crippen LogP contribution in [0.5, 0.6) is 0 Å². The van der Waals surface area contributed by atoms with Gasteiger partial charge in [0.1, 0.15) is 0 Å². The van der Waals surface area contributed by atoms with Crippen molar-refractivity contribution in [3.05, 3.63) is 70.7 Å². The summed E-state index contributed by atoms with van der Waals surface area (Å²) in [7, 11) is 2.07. The molecule has 2 aromatic carbocycles. The average molecular weight is 319 g/mol. The minimum atomic E-state index is 0.0681. The molecule has 0 saturated carbocycles. The van der Waals surface area contributed by atoms with Crippen molar-refractivity contribution in [1.82, 2.24) is 4.90 Å². The minimum Gasteiger partial charge on any atom is -0.393 e. The van der Waals surface area contributed by atoms with Gasteiger partial charge in [-0.2, -0.15) is 0 Å². The fourth-order valence-corrected chi connectivity index (χ4v) is 2.66. The van der Waals surface area contributed by atoms with Crippen LogP contribution in [0.3, 0.4) is 0 Å². The van der Waals surface area contributed by atoms with E-state index in [1.165, 1.54) is 5.56 Å². The first-order chi connectivity index (χ1) is 10.1. The smallest absolute Gasteiger partial charge is 0.0816 e. The van der Waals surface area contributed by atoms with Crippen molar-refractivity contribution >= 4 is 28.8 Å². The molecule has 0 aromatic heterocycles. The molecular formula is C17H19ClN2S. The first-order valence-electron chi connectivity index (χ1n) is 6.83. The second-order valence-electron chi connectivity index (χ2n) is 5.19. The first kappa shape index (κ1) is 16.0. The first-order valence-corrected chi connectivity index (χ1v) is 7.62. The number of hydrogen-bond acceptors (Lipinski definition) is 2. The van der Waals surface area contributed by atoms with Crippen LogP contribution >= 0.6 is 23.8 Å². The van der Waals surface area contributed by atoms with Crippen LogP contribution in [0.15, 0.2) is 54.6 Å². The molecule has 2 aromatic rings. The molecule has 0 aliphatic rings. The number of rotatable bonds is 6. The van der Waals surface area contributed by atoms with E-state index in [4.69, 9.17) is 29.6 Å². The lowest BCUT2D eigenvalue weighted by Crippen LogP contribution is -2.31. The summed E-state index contributed by atoms with van der Waals surface area (Å²) < 4.78 is 0. The molecule has 1 atom stereocenters. The zero-order chi connectivity index (χ0) is 15.2. The van der Waals surface area contributed by atoms with Gasteiger partial charge >= 0.3 is 0 Å². The Morgan fingerprint density at radius 2 is 1.76 bits per heavy atom. The number of thiocarbonyl (C=S) groups is 1. The summed E-state index contributed by atoms with van der Waals surface area (Å²) in [6.07, 6.45) is 0. The number of nitrogens with two attached hydrogens (primary N) is 1. The van der Waals surface area contributed by atoms with Gasteiger partial charge in [0.15, 0.2) is 0 Å². The predicted molar refractivity (Wildman–Crippen MR) is 93.8 cm³/mol. The van der Waals surface area contributed by atoms with Crippen LogP contribution in [0.1, 0.15) is 17.0 Å². The standard InChI is InChI=1S/C17H19ClN2S/c1-20(11-13-7-9-15(18)10-8-13)12-16(17(19)21)14-5-3-2-4-6-14/h2-10,16H,11-12H2,1H3,(H2,19,21). The Balaban J connectivity index is 2.03. The number of benzene rings is 2. The summed E-state index contributed by atoms with van der Waals surface area (Å²) in [5.41, 5.74) is 8.30. The van der Waals surface area contributed by atoms with Gasteiger partial charge in [0, 0.05) is 24.0 Å². The number of hydrogen-bond donors (Lipinski definition) is 1. The fourth-order valence-electron chi connectivity index (χ4n) is 2.32. The zero-order valence-electron chi connectivity index (χ0n) is 12.0. The van der Waals surface area contributed by atoms with Gasteiger partial charge in [0.2, 0.25) is 0 Å². The summed E-state index contributed by atoms with van der Waals surface area (Å²) in [4.78, 5) is 2.75. The molecule has 0 aliphatic carbocycles. The van der Waals surface area contributed by atoms with Gasteiger partial charge in [-0.1, -0.05) is 66.3 Å². The molecule has 0 spiro atoms. The third-order valence-corrected chi connectivity index (χ3v) is 3.94. The Kier molecular flexibility index (Phi) is 5.74. The molecule has 2 nitrogen and oxygen atoms in total. The van der Waals surface area contributed by atoms with Crippen molar-refractivity contribution in [2.75, 3.05) is 13.6 Å². The van der Waals surface area contributed by atoms with Crippen LogP contribution in [0.4, 0.5) is 0 Å². The van der Waals surface area contributed by atoms with Crippen LogP contribution < -0.4 is 5.73 Å².